The van der Waals surface area contributed by atoms with Gasteiger partial charge in [-0.05, 0) is 31.7 Å². The molecule has 1 unspecified atom stereocenters. The van der Waals surface area contributed by atoms with Gasteiger partial charge in [-0.2, -0.15) is 5.10 Å². The minimum Gasteiger partial charge on any atom is -0.309 e. The van der Waals surface area contributed by atoms with Crippen LogP contribution < -0.4 is 5.32 Å². The molecular formula is C16H17N3. The molecule has 96 valence electrons. The summed E-state index contributed by atoms with van der Waals surface area (Å²) >= 11 is 0. The van der Waals surface area contributed by atoms with Crippen molar-refractivity contribution < 1.29 is 0 Å². The fourth-order valence-electron chi connectivity index (χ4n) is 2.44. The van der Waals surface area contributed by atoms with Gasteiger partial charge in [-0.15, -0.1) is 0 Å². The van der Waals surface area contributed by atoms with Crippen LogP contribution in [-0.2, 0) is 0 Å². The van der Waals surface area contributed by atoms with Crippen molar-refractivity contribution in [1.29, 1.82) is 0 Å². The molecule has 3 heteroatoms. The van der Waals surface area contributed by atoms with E-state index in [0.717, 1.165) is 5.52 Å². The molecule has 3 rings (SSSR count). The fraction of sp³-hybridized carbons (Fsp3) is 0.188. The van der Waals surface area contributed by atoms with Crippen LogP contribution >= 0.6 is 0 Å². The number of rotatable bonds is 3. The Morgan fingerprint density at radius 3 is 2.63 bits per heavy atom. The summed E-state index contributed by atoms with van der Waals surface area (Å²) in [5.74, 6) is 0. The average Bonchev–Trinajstić information content (AvgIpc) is 2.86. The summed E-state index contributed by atoms with van der Waals surface area (Å²) < 4.78 is 1.91. The molecule has 0 aliphatic carbocycles. The van der Waals surface area contributed by atoms with Crippen LogP contribution in [0.5, 0.6) is 0 Å². The quantitative estimate of drug-likeness (QED) is 0.775. The second-order valence-corrected chi connectivity index (χ2v) is 4.76. The molecule has 1 atom stereocenters. The summed E-state index contributed by atoms with van der Waals surface area (Å²) in [7, 11) is 1.98. The van der Waals surface area contributed by atoms with Crippen molar-refractivity contribution in [3.05, 3.63) is 71.5 Å². The van der Waals surface area contributed by atoms with Crippen LogP contribution in [0.2, 0.25) is 0 Å². The van der Waals surface area contributed by atoms with E-state index < -0.39 is 0 Å². The van der Waals surface area contributed by atoms with Gasteiger partial charge in [0, 0.05) is 11.8 Å². The zero-order valence-corrected chi connectivity index (χ0v) is 11.2. The number of pyridine rings is 1. The number of nitrogens with zero attached hydrogens (tertiary/aromatic N) is 2. The Kier molecular flexibility index (Phi) is 3.05. The summed E-state index contributed by atoms with van der Waals surface area (Å²) in [6.45, 7) is 2.10. The van der Waals surface area contributed by atoms with E-state index >= 15 is 0 Å². The molecule has 3 aromatic rings. The van der Waals surface area contributed by atoms with E-state index in [1.54, 1.807) is 0 Å². The Balaban J connectivity index is 2.09. The molecule has 1 N–H and O–H groups in total. The highest BCUT2D eigenvalue weighted by Crippen LogP contribution is 2.25. The van der Waals surface area contributed by atoms with Crippen molar-refractivity contribution >= 4 is 5.52 Å². The van der Waals surface area contributed by atoms with Gasteiger partial charge in [0.05, 0.1) is 17.8 Å². The van der Waals surface area contributed by atoms with Gasteiger partial charge >= 0.3 is 0 Å². The molecule has 0 saturated carbocycles. The molecule has 0 amide bonds. The second kappa shape index (κ2) is 4.86. The summed E-state index contributed by atoms with van der Waals surface area (Å²) in [4.78, 5) is 0. The molecular weight excluding hydrogens is 234 g/mol. The standard InChI is InChI=1S/C16H17N3/c1-12-6-8-13(9-7-12)16(17-2)14-11-18-19-10-4-3-5-15(14)19/h3-11,16-17H,1-2H3. The lowest BCUT2D eigenvalue weighted by molar-refractivity contribution is 0.696. The molecule has 0 aliphatic heterocycles. The average molecular weight is 251 g/mol. The first-order valence-corrected chi connectivity index (χ1v) is 6.45. The third-order valence-corrected chi connectivity index (χ3v) is 3.47. The Hall–Kier alpha value is -2.13. The topological polar surface area (TPSA) is 29.3 Å². The Morgan fingerprint density at radius 1 is 1.11 bits per heavy atom. The van der Waals surface area contributed by atoms with Gasteiger partial charge in [0.15, 0.2) is 0 Å². The van der Waals surface area contributed by atoms with Crippen molar-refractivity contribution in [1.82, 2.24) is 14.9 Å². The minimum absolute atomic E-state index is 0.167. The molecule has 1 aromatic carbocycles. The third-order valence-electron chi connectivity index (χ3n) is 3.47. The molecule has 3 nitrogen and oxygen atoms in total. The smallest absolute Gasteiger partial charge is 0.0712 e. The van der Waals surface area contributed by atoms with E-state index in [4.69, 9.17) is 0 Å². The van der Waals surface area contributed by atoms with Crippen LogP contribution in [0.25, 0.3) is 5.52 Å². The van der Waals surface area contributed by atoms with Gasteiger partial charge in [-0.1, -0.05) is 35.9 Å². The predicted molar refractivity (Wildman–Crippen MR) is 77.3 cm³/mol. The molecule has 2 heterocycles. The summed E-state index contributed by atoms with van der Waals surface area (Å²) in [5.41, 5.74) is 4.87. The Morgan fingerprint density at radius 2 is 1.89 bits per heavy atom. The number of benzene rings is 1. The fourth-order valence-corrected chi connectivity index (χ4v) is 2.44. The summed E-state index contributed by atoms with van der Waals surface area (Å²) in [5, 5.41) is 7.79. The zero-order valence-electron chi connectivity index (χ0n) is 11.2. The van der Waals surface area contributed by atoms with E-state index in [2.05, 4.69) is 47.7 Å². The first-order chi connectivity index (χ1) is 9.29. The monoisotopic (exact) mass is 251 g/mol. The second-order valence-electron chi connectivity index (χ2n) is 4.76. The van der Waals surface area contributed by atoms with Gasteiger partial charge in [-0.3, -0.25) is 0 Å². The van der Waals surface area contributed by atoms with Crippen LogP contribution in [0, 0.1) is 6.92 Å². The highest BCUT2D eigenvalue weighted by Gasteiger charge is 2.16. The number of hydrogen-bond donors (Lipinski definition) is 1. The largest absolute Gasteiger partial charge is 0.309 e. The van der Waals surface area contributed by atoms with Gasteiger partial charge in [-0.25, -0.2) is 4.52 Å². The Bertz CT molecular complexity index is 683. The number of aryl methyl sites for hydroxylation is 1. The molecule has 19 heavy (non-hydrogen) atoms. The van der Waals surface area contributed by atoms with Gasteiger partial charge in [0.1, 0.15) is 0 Å². The maximum Gasteiger partial charge on any atom is 0.0712 e. The first-order valence-electron chi connectivity index (χ1n) is 6.45. The normalized spacial score (nSPS) is 12.7. The van der Waals surface area contributed by atoms with E-state index in [1.165, 1.54) is 16.7 Å². The van der Waals surface area contributed by atoms with E-state index in [-0.39, 0.29) is 6.04 Å². The van der Waals surface area contributed by atoms with E-state index in [9.17, 15) is 0 Å². The van der Waals surface area contributed by atoms with Crippen LogP contribution in [-0.4, -0.2) is 16.7 Å². The van der Waals surface area contributed by atoms with Crippen LogP contribution in [0.4, 0.5) is 0 Å². The number of nitrogens with one attached hydrogen (secondary N) is 1. The molecule has 0 spiro atoms. The summed E-state index contributed by atoms with van der Waals surface area (Å²) in [6, 6.07) is 14.9. The van der Waals surface area contributed by atoms with Crippen molar-refractivity contribution in [2.75, 3.05) is 7.05 Å². The maximum atomic E-state index is 4.41. The molecule has 2 aromatic heterocycles. The highest BCUT2D eigenvalue weighted by molar-refractivity contribution is 5.57. The molecule has 0 fully saturated rings. The van der Waals surface area contributed by atoms with Crippen LogP contribution in [0.1, 0.15) is 22.7 Å². The van der Waals surface area contributed by atoms with Crippen molar-refractivity contribution in [3.8, 4) is 0 Å². The van der Waals surface area contributed by atoms with E-state index in [1.807, 2.05) is 36.1 Å². The number of aromatic nitrogens is 2. The van der Waals surface area contributed by atoms with Gasteiger partial charge < -0.3 is 5.32 Å². The van der Waals surface area contributed by atoms with Crippen molar-refractivity contribution in [2.24, 2.45) is 0 Å². The van der Waals surface area contributed by atoms with Gasteiger partial charge in [0.25, 0.3) is 0 Å². The van der Waals surface area contributed by atoms with Crippen molar-refractivity contribution in [3.63, 3.8) is 0 Å². The van der Waals surface area contributed by atoms with E-state index in [0.29, 0.717) is 0 Å². The van der Waals surface area contributed by atoms with Crippen LogP contribution in [0.15, 0.2) is 54.9 Å². The van der Waals surface area contributed by atoms with Crippen LogP contribution in [0.3, 0.4) is 0 Å². The highest BCUT2D eigenvalue weighted by atomic mass is 15.2. The lowest BCUT2D eigenvalue weighted by Gasteiger charge is -2.16. The lowest BCUT2D eigenvalue weighted by atomic mass is 9.99. The Labute approximate surface area is 112 Å². The molecule has 0 aliphatic rings. The molecule has 0 radical (unpaired) electrons. The molecule has 0 saturated heterocycles. The zero-order chi connectivity index (χ0) is 13.2. The number of fused-ring (bicyclic) bond motifs is 1. The summed E-state index contributed by atoms with van der Waals surface area (Å²) in [6.07, 6.45) is 3.91. The predicted octanol–water partition coefficient (Wildman–Crippen LogP) is 2.95. The first kappa shape index (κ1) is 11.9. The number of hydrogen-bond acceptors (Lipinski definition) is 2. The molecule has 0 bridgehead atoms. The lowest BCUT2D eigenvalue weighted by Crippen LogP contribution is -2.17. The maximum absolute atomic E-state index is 4.41. The minimum atomic E-state index is 0.167. The SMILES string of the molecule is CNC(c1ccc(C)cc1)c1cnn2ccccc12. The van der Waals surface area contributed by atoms with Crippen molar-refractivity contribution in [2.45, 2.75) is 13.0 Å². The van der Waals surface area contributed by atoms with Gasteiger partial charge in [0.2, 0.25) is 0 Å². The third kappa shape index (κ3) is 2.13.